The summed E-state index contributed by atoms with van der Waals surface area (Å²) >= 11 is 11.3. The lowest BCUT2D eigenvalue weighted by molar-refractivity contribution is -0.384. The summed E-state index contributed by atoms with van der Waals surface area (Å²) in [5, 5.41) is 27.5. The van der Waals surface area contributed by atoms with Crippen LogP contribution in [0.2, 0.25) is 10.0 Å². The van der Waals surface area contributed by atoms with Crippen molar-refractivity contribution in [3.05, 3.63) is 32.3 Å². The monoisotopic (exact) mass is 344 g/mol. The first-order chi connectivity index (χ1) is 9.24. The van der Waals surface area contributed by atoms with E-state index in [4.69, 9.17) is 33.4 Å². The van der Waals surface area contributed by atoms with Crippen molar-refractivity contribution in [1.82, 2.24) is 4.72 Å². The third-order valence-electron chi connectivity index (χ3n) is 2.27. The molecule has 0 bridgehead atoms. The zero-order valence-electron chi connectivity index (χ0n) is 9.79. The molecular weight excluding hydrogens is 335 g/mol. The number of nitrogens with zero attached hydrogens (tertiary/aromatic N) is 1. The van der Waals surface area contributed by atoms with Crippen LogP contribution in [0.5, 0.6) is 0 Å². The van der Waals surface area contributed by atoms with Gasteiger partial charge in [-0.2, -0.15) is 0 Å². The van der Waals surface area contributed by atoms with Gasteiger partial charge in [0, 0.05) is 0 Å². The van der Waals surface area contributed by atoms with Crippen LogP contribution in [0.15, 0.2) is 17.0 Å². The number of benzene rings is 1. The molecule has 0 atom stereocenters. The Morgan fingerprint density at radius 3 is 2.30 bits per heavy atom. The van der Waals surface area contributed by atoms with Crippen LogP contribution in [0.1, 0.15) is 0 Å². The van der Waals surface area contributed by atoms with Gasteiger partial charge in [-0.25, -0.2) is 13.1 Å². The molecule has 1 rings (SSSR count). The van der Waals surface area contributed by atoms with Crippen molar-refractivity contribution in [2.24, 2.45) is 0 Å². The fourth-order valence-electron chi connectivity index (χ4n) is 1.31. The standard InChI is InChI=1S/C9H10Cl2N2O6S/c10-6-1-2-7(8(11)9(6)13(16)17)20(18,19)12-5(3-14)4-15/h1-2,5,12,14-15H,3-4H2. The van der Waals surface area contributed by atoms with E-state index in [1.165, 1.54) is 0 Å². The van der Waals surface area contributed by atoms with Crippen LogP contribution in [-0.4, -0.2) is 42.8 Å². The van der Waals surface area contributed by atoms with Crippen LogP contribution < -0.4 is 4.72 Å². The summed E-state index contributed by atoms with van der Waals surface area (Å²) in [6.07, 6.45) is 0. The summed E-state index contributed by atoms with van der Waals surface area (Å²) < 4.78 is 25.9. The predicted octanol–water partition coefficient (Wildman–Crippen LogP) is 0.533. The van der Waals surface area contributed by atoms with Crippen molar-refractivity contribution in [3.63, 3.8) is 0 Å². The van der Waals surface area contributed by atoms with Crippen LogP contribution >= 0.6 is 23.2 Å². The summed E-state index contributed by atoms with van der Waals surface area (Å²) in [6, 6.07) is 0.865. The molecule has 0 radical (unpaired) electrons. The molecule has 112 valence electrons. The van der Waals surface area contributed by atoms with E-state index in [0.29, 0.717) is 0 Å². The zero-order valence-corrected chi connectivity index (χ0v) is 12.1. The molecule has 1 aromatic rings. The number of aliphatic hydroxyl groups excluding tert-OH is 2. The number of hydrogen-bond donors (Lipinski definition) is 3. The van der Waals surface area contributed by atoms with E-state index >= 15 is 0 Å². The van der Waals surface area contributed by atoms with E-state index < -0.39 is 49.8 Å². The molecule has 1 aromatic carbocycles. The number of aliphatic hydroxyl groups is 2. The Morgan fingerprint density at radius 2 is 1.85 bits per heavy atom. The van der Waals surface area contributed by atoms with Gasteiger partial charge in [0.15, 0.2) is 0 Å². The molecule has 3 N–H and O–H groups in total. The average molecular weight is 345 g/mol. The first-order valence-electron chi connectivity index (χ1n) is 5.11. The first-order valence-corrected chi connectivity index (χ1v) is 7.35. The molecule has 0 aliphatic carbocycles. The van der Waals surface area contributed by atoms with E-state index in [9.17, 15) is 18.5 Å². The molecular formula is C9H10Cl2N2O6S. The van der Waals surface area contributed by atoms with E-state index in [1.807, 2.05) is 4.72 Å². The van der Waals surface area contributed by atoms with Gasteiger partial charge >= 0.3 is 5.69 Å². The Balaban J connectivity index is 3.33. The lowest BCUT2D eigenvalue weighted by atomic mass is 10.3. The fraction of sp³-hybridized carbons (Fsp3) is 0.333. The lowest BCUT2D eigenvalue weighted by Crippen LogP contribution is -2.40. The van der Waals surface area contributed by atoms with Crippen molar-refractivity contribution in [2.45, 2.75) is 10.9 Å². The van der Waals surface area contributed by atoms with Crippen molar-refractivity contribution < 1.29 is 23.6 Å². The SMILES string of the molecule is O=[N+]([O-])c1c(Cl)ccc(S(=O)(=O)NC(CO)CO)c1Cl. The second-order valence-electron chi connectivity index (χ2n) is 3.65. The minimum Gasteiger partial charge on any atom is -0.395 e. The van der Waals surface area contributed by atoms with Gasteiger partial charge in [-0.3, -0.25) is 10.1 Å². The lowest BCUT2D eigenvalue weighted by Gasteiger charge is -2.14. The first kappa shape index (κ1) is 17.1. The highest BCUT2D eigenvalue weighted by Crippen LogP contribution is 2.37. The van der Waals surface area contributed by atoms with Crippen LogP contribution in [0.25, 0.3) is 0 Å². The minimum absolute atomic E-state index is 0.306. The van der Waals surface area contributed by atoms with Gasteiger partial charge in [0.25, 0.3) is 0 Å². The fourth-order valence-corrected chi connectivity index (χ4v) is 3.42. The summed E-state index contributed by atoms with van der Waals surface area (Å²) in [7, 11) is -4.25. The third-order valence-corrected chi connectivity index (χ3v) is 4.63. The van der Waals surface area contributed by atoms with Crippen molar-refractivity contribution in [2.75, 3.05) is 13.2 Å². The van der Waals surface area contributed by atoms with Crippen molar-refractivity contribution in [3.8, 4) is 0 Å². The number of hydrogen-bond acceptors (Lipinski definition) is 6. The van der Waals surface area contributed by atoms with Crippen molar-refractivity contribution >= 4 is 38.9 Å². The van der Waals surface area contributed by atoms with Gasteiger partial charge < -0.3 is 10.2 Å². The van der Waals surface area contributed by atoms with Crippen LogP contribution in [0.4, 0.5) is 5.69 Å². The maximum atomic E-state index is 12.0. The van der Waals surface area contributed by atoms with Crippen LogP contribution in [-0.2, 0) is 10.0 Å². The van der Waals surface area contributed by atoms with E-state index in [1.54, 1.807) is 0 Å². The van der Waals surface area contributed by atoms with Gasteiger partial charge in [0.1, 0.15) is 14.9 Å². The second kappa shape index (κ2) is 6.66. The van der Waals surface area contributed by atoms with Gasteiger partial charge in [0.05, 0.1) is 24.2 Å². The van der Waals surface area contributed by atoms with Gasteiger partial charge in [-0.15, -0.1) is 0 Å². The molecule has 0 aliphatic rings. The predicted molar refractivity (Wildman–Crippen MR) is 71.4 cm³/mol. The average Bonchev–Trinajstić information content (AvgIpc) is 2.35. The molecule has 11 heteroatoms. The molecule has 0 aromatic heterocycles. The molecule has 0 saturated heterocycles. The van der Waals surface area contributed by atoms with Gasteiger partial charge in [0.2, 0.25) is 10.0 Å². The quantitative estimate of drug-likeness (QED) is 0.509. The topological polar surface area (TPSA) is 130 Å². The van der Waals surface area contributed by atoms with Crippen molar-refractivity contribution in [1.29, 1.82) is 0 Å². The molecule has 0 unspecified atom stereocenters. The molecule has 0 fully saturated rings. The largest absolute Gasteiger partial charge is 0.395 e. The Labute approximate surface area is 124 Å². The Morgan fingerprint density at radius 1 is 1.30 bits per heavy atom. The third kappa shape index (κ3) is 3.57. The Kier molecular flexibility index (Phi) is 5.68. The van der Waals surface area contributed by atoms with Gasteiger partial charge in [-0.05, 0) is 12.1 Å². The van der Waals surface area contributed by atoms with Gasteiger partial charge in [-0.1, -0.05) is 23.2 Å². The number of rotatable bonds is 6. The summed E-state index contributed by atoms with van der Waals surface area (Å²) in [6.45, 7) is -1.30. The van der Waals surface area contributed by atoms with E-state index in [2.05, 4.69) is 0 Å². The smallest absolute Gasteiger partial charge is 0.307 e. The number of nitro groups is 1. The van der Waals surface area contributed by atoms with E-state index in [0.717, 1.165) is 12.1 Å². The number of halogens is 2. The highest BCUT2D eigenvalue weighted by molar-refractivity contribution is 7.89. The zero-order chi connectivity index (χ0) is 15.5. The number of nitrogens with one attached hydrogen (secondary N) is 1. The van der Waals surface area contributed by atoms with Crippen LogP contribution in [0, 0.1) is 10.1 Å². The van der Waals surface area contributed by atoms with E-state index in [-0.39, 0.29) is 5.02 Å². The second-order valence-corrected chi connectivity index (χ2v) is 6.12. The summed E-state index contributed by atoms with van der Waals surface area (Å²) in [5.41, 5.74) is -0.735. The summed E-state index contributed by atoms with van der Waals surface area (Å²) in [4.78, 5) is 9.33. The molecule has 0 aliphatic heterocycles. The molecule has 20 heavy (non-hydrogen) atoms. The minimum atomic E-state index is -4.25. The number of sulfonamides is 1. The van der Waals surface area contributed by atoms with Crippen LogP contribution in [0.3, 0.4) is 0 Å². The molecule has 0 spiro atoms. The molecule has 0 amide bonds. The molecule has 0 heterocycles. The Bertz CT molecular complexity index is 617. The molecule has 0 saturated carbocycles. The Hall–Kier alpha value is -0.970. The maximum absolute atomic E-state index is 12.0. The summed E-state index contributed by atoms with van der Waals surface area (Å²) in [5.74, 6) is 0. The highest BCUT2D eigenvalue weighted by atomic mass is 35.5. The highest BCUT2D eigenvalue weighted by Gasteiger charge is 2.29. The number of nitro benzene ring substituents is 1. The maximum Gasteiger partial charge on any atom is 0.307 e. The molecule has 8 nitrogen and oxygen atoms in total. The normalized spacial score (nSPS) is 11.8.